The first-order valence-corrected chi connectivity index (χ1v) is 14.1. The number of carboxylic acid groups (broad SMARTS) is 1. The van der Waals surface area contributed by atoms with Crippen molar-refractivity contribution in [3.63, 3.8) is 0 Å². The van der Waals surface area contributed by atoms with Gasteiger partial charge in [0.05, 0.1) is 6.61 Å². The second kappa shape index (κ2) is 12.5. The number of aliphatic hydroxyl groups is 2. The molecule has 2 saturated heterocycles. The molecule has 0 aromatic heterocycles. The fourth-order valence-electron chi connectivity index (χ4n) is 3.67. The van der Waals surface area contributed by atoms with Gasteiger partial charge in [0.25, 0.3) is 0 Å². The van der Waals surface area contributed by atoms with E-state index in [2.05, 4.69) is 8.37 Å². The second-order valence-electron chi connectivity index (χ2n) is 7.64. The van der Waals surface area contributed by atoms with Gasteiger partial charge in [0.1, 0.15) is 36.6 Å². The van der Waals surface area contributed by atoms with E-state index in [1.54, 1.807) is 0 Å². The van der Waals surface area contributed by atoms with Gasteiger partial charge in [-0.05, 0) is 0 Å². The maximum absolute atomic E-state index is 11.6. The lowest BCUT2D eigenvalue weighted by atomic mass is 9.96. The van der Waals surface area contributed by atoms with E-state index in [9.17, 15) is 45.4 Å². The summed E-state index contributed by atoms with van der Waals surface area (Å²) in [5.74, 6) is -1.77. The summed E-state index contributed by atoms with van der Waals surface area (Å²) in [5, 5.41) is 30.8. The van der Waals surface area contributed by atoms with E-state index in [4.69, 9.17) is 37.3 Å². The summed E-state index contributed by atoms with van der Waals surface area (Å²) in [7, 11) is -13.8. The van der Waals surface area contributed by atoms with Gasteiger partial charge >= 0.3 is 37.1 Å². The molecule has 7 N–H and O–H groups in total. The molecular weight excluding hydrogens is 598 g/mol. The Labute approximate surface area is 215 Å². The Morgan fingerprint density at radius 2 is 1.45 bits per heavy atom. The zero-order chi connectivity index (χ0) is 29.2. The first-order valence-electron chi connectivity index (χ1n) is 9.91. The summed E-state index contributed by atoms with van der Waals surface area (Å²) < 4.78 is 130. The highest BCUT2D eigenvalue weighted by atomic mass is 32.3. The van der Waals surface area contributed by atoms with Crippen LogP contribution in [0.1, 0.15) is 0 Å². The van der Waals surface area contributed by atoms with Crippen LogP contribution in [0.2, 0.25) is 0 Å². The Balaban J connectivity index is 2.52. The lowest BCUT2D eigenvalue weighted by molar-refractivity contribution is -0.339. The Hall–Kier alpha value is -1.20. The highest BCUT2D eigenvalue weighted by Gasteiger charge is 2.55. The van der Waals surface area contributed by atoms with Crippen LogP contribution in [0.15, 0.2) is 0 Å². The molecule has 2 aliphatic heterocycles. The van der Waals surface area contributed by atoms with Crippen LogP contribution in [0, 0.1) is 0 Å². The zero-order valence-electron chi connectivity index (χ0n) is 19.1. The molecule has 0 bridgehead atoms. The number of aliphatic hydroxyl groups excluding tert-OH is 2. The predicted octanol–water partition coefficient (Wildman–Crippen LogP) is -4.94. The number of hydrogen-bond acceptors (Lipinski definition) is 16. The van der Waals surface area contributed by atoms with Gasteiger partial charge in [-0.15, -0.1) is 0 Å². The Bertz CT molecular complexity index is 1140. The molecule has 24 heteroatoms. The third kappa shape index (κ3) is 8.91. The minimum absolute atomic E-state index is 0.913. The smallest absolute Gasteiger partial charge is 0.397 e. The normalized spacial score (nSPS) is 37.1. The van der Waals surface area contributed by atoms with Crippen LogP contribution >= 0.6 is 0 Å². The fraction of sp³-hybridized carbons (Fsp3) is 0.929. The van der Waals surface area contributed by atoms with Crippen LogP contribution in [-0.2, 0) is 67.9 Å². The van der Waals surface area contributed by atoms with E-state index in [-0.39, 0.29) is 0 Å². The summed E-state index contributed by atoms with van der Waals surface area (Å²) >= 11 is 0. The maximum Gasteiger partial charge on any atom is 0.397 e. The molecule has 0 aromatic carbocycles. The molecule has 0 saturated carbocycles. The van der Waals surface area contributed by atoms with Crippen molar-refractivity contribution in [3.8, 4) is 0 Å². The highest BCUT2D eigenvalue weighted by molar-refractivity contribution is 7.83. The van der Waals surface area contributed by atoms with Gasteiger partial charge in [-0.3, -0.25) is 13.7 Å². The largest absolute Gasteiger partial charge is 0.479 e. The molecule has 2 heterocycles. The van der Waals surface area contributed by atoms with Gasteiger partial charge in [0, 0.05) is 14.2 Å². The number of hydrogen-bond donors (Lipinski definition) is 7. The van der Waals surface area contributed by atoms with Gasteiger partial charge in [-0.2, -0.15) is 30.0 Å². The summed E-state index contributed by atoms with van der Waals surface area (Å²) in [6.07, 6.45) is -18.7. The molecule has 0 radical (unpaired) electrons. The van der Waals surface area contributed by atoms with Crippen molar-refractivity contribution >= 4 is 37.1 Å². The van der Waals surface area contributed by atoms with Gasteiger partial charge in [-0.25, -0.2) is 13.2 Å². The van der Waals surface area contributed by atoms with Crippen molar-refractivity contribution in [2.75, 3.05) is 20.8 Å². The Morgan fingerprint density at radius 3 is 1.89 bits per heavy atom. The molecule has 0 aliphatic carbocycles. The van der Waals surface area contributed by atoms with E-state index in [0.717, 1.165) is 14.2 Å². The predicted molar refractivity (Wildman–Crippen MR) is 112 cm³/mol. The van der Waals surface area contributed by atoms with Crippen LogP contribution in [0.4, 0.5) is 0 Å². The van der Waals surface area contributed by atoms with Gasteiger partial charge in [-0.1, -0.05) is 0 Å². The second-order valence-corrected chi connectivity index (χ2v) is 11.0. The van der Waals surface area contributed by atoms with E-state index < -0.39 is 105 Å². The SMILES string of the molecule is CO[C@@H]1C(C(=O)O)O[C@@H](O[C@H]2C(COS(=O)(=O)O)O[C@H](OC)[C@@H](NS(=O)(=O)O)C2O)[C@@H](OS(=O)(=O)O)C1O. The maximum atomic E-state index is 11.6. The molecule has 2 rings (SSSR count). The number of methoxy groups -OCH3 is 2. The lowest BCUT2D eigenvalue weighted by Gasteiger charge is -2.47. The summed E-state index contributed by atoms with van der Waals surface area (Å²) in [5.41, 5.74) is 0. The molecule has 224 valence electrons. The zero-order valence-corrected chi connectivity index (χ0v) is 21.6. The Morgan fingerprint density at radius 1 is 0.842 bits per heavy atom. The first kappa shape index (κ1) is 33.0. The molecule has 2 fully saturated rings. The van der Waals surface area contributed by atoms with Crippen LogP contribution in [-0.4, -0.2) is 142 Å². The van der Waals surface area contributed by atoms with Gasteiger partial charge in [0.15, 0.2) is 24.8 Å². The van der Waals surface area contributed by atoms with Crippen LogP contribution in [0.3, 0.4) is 0 Å². The fourth-order valence-corrected chi connectivity index (χ4v) is 5.06. The average molecular weight is 624 g/mol. The molecule has 38 heavy (non-hydrogen) atoms. The van der Waals surface area contributed by atoms with Crippen molar-refractivity contribution in [2.24, 2.45) is 0 Å². The molecule has 0 spiro atoms. The third-order valence-electron chi connectivity index (χ3n) is 5.13. The van der Waals surface area contributed by atoms with E-state index in [1.807, 2.05) is 0 Å². The van der Waals surface area contributed by atoms with Crippen molar-refractivity contribution < 1.29 is 91.1 Å². The molecular formula is C14H25NO20S3. The highest BCUT2D eigenvalue weighted by Crippen LogP contribution is 2.32. The monoisotopic (exact) mass is 623 g/mol. The van der Waals surface area contributed by atoms with Crippen LogP contribution in [0.5, 0.6) is 0 Å². The lowest BCUT2D eigenvalue weighted by Crippen LogP contribution is -2.68. The number of carbonyl (C=O) groups is 1. The molecule has 4 unspecified atom stereocenters. The summed E-state index contributed by atoms with van der Waals surface area (Å²) in [4.78, 5) is 11.6. The minimum atomic E-state index is -5.40. The first-order chi connectivity index (χ1) is 17.3. The molecule has 0 aromatic rings. The topological polar surface area (TPSA) is 318 Å². The van der Waals surface area contributed by atoms with Crippen LogP contribution < -0.4 is 4.72 Å². The molecule has 10 atom stereocenters. The number of ether oxygens (including phenoxy) is 5. The number of nitrogens with one attached hydrogen (secondary N) is 1. The minimum Gasteiger partial charge on any atom is -0.479 e. The quantitative estimate of drug-likeness (QED) is 0.100. The number of carboxylic acids is 1. The molecule has 0 amide bonds. The third-order valence-corrected chi connectivity index (χ3v) is 6.60. The van der Waals surface area contributed by atoms with Crippen molar-refractivity contribution in [1.82, 2.24) is 4.72 Å². The van der Waals surface area contributed by atoms with Gasteiger partial charge in [0.2, 0.25) is 0 Å². The van der Waals surface area contributed by atoms with E-state index in [0.29, 0.717) is 0 Å². The number of aliphatic carboxylic acids is 1. The Kier molecular flexibility index (Phi) is 10.9. The molecule has 21 nitrogen and oxygen atoms in total. The van der Waals surface area contributed by atoms with Crippen molar-refractivity contribution in [2.45, 2.75) is 61.3 Å². The van der Waals surface area contributed by atoms with E-state index >= 15 is 0 Å². The summed E-state index contributed by atoms with van der Waals surface area (Å²) in [6, 6.07) is -1.93. The van der Waals surface area contributed by atoms with Gasteiger partial charge < -0.3 is 39.0 Å². The summed E-state index contributed by atoms with van der Waals surface area (Å²) in [6.45, 7) is -1.18. The van der Waals surface area contributed by atoms with Crippen molar-refractivity contribution in [3.05, 3.63) is 0 Å². The van der Waals surface area contributed by atoms with E-state index in [1.165, 1.54) is 4.72 Å². The van der Waals surface area contributed by atoms with Crippen LogP contribution in [0.25, 0.3) is 0 Å². The molecule has 2 aliphatic rings. The number of rotatable bonds is 12. The standard InChI is InChI=1S/C14H25NO20S3/c1-29-9-7(17)10(35-38(26,27)28)14(34-11(9)12(18)19)33-8-4(3-31-37(23,24)25)32-13(30-2)5(6(8)16)15-36(20,21)22/h4-11,13-17H,3H2,1-2H3,(H,18,19)(H,20,21,22)(H,23,24,25)(H,26,27,28)/t4?,5-,6?,7?,8-,9-,10-,11?,13-,14+/m0/s1. The van der Waals surface area contributed by atoms with Crippen molar-refractivity contribution in [1.29, 1.82) is 0 Å². The average Bonchev–Trinajstić information content (AvgIpc) is 2.75.